The normalized spacial score (nSPS) is 21.1. The first-order chi connectivity index (χ1) is 23.4. The standard InChI is InChI=1S/C36H46FN3O8S/c1-24-19-40(25(2)22-41)36(42)31-18-29(38-49(43,44)30-12-9-28(37)10-13-30)11-15-32(31)48-26(3)7-5-6-16-45-35(24)21-39(4)20-27-8-14-33-34(17-27)47-23-46-33/h8-15,17-18,24-26,35,38,41H,5-7,16,19-23H2,1-4H3/t24-,25-,26+,35-/m1/s1. The van der Waals surface area contributed by atoms with Crippen molar-refractivity contribution in [1.29, 1.82) is 0 Å². The number of nitrogens with zero attached hydrogens (tertiary/aromatic N) is 2. The van der Waals surface area contributed by atoms with Gasteiger partial charge in [0, 0.05) is 37.8 Å². The van der Waals surface area contributed by atoms with Gasteiger partial charge >= 0.3 is 0 Å². The molecule has 3 aromatic rings. The number of sulfonamides is 1. The van der Waals surface area contributed by atoms with Gasteiger partial charge in [-0.1, -0.05) is 13.0 Å². The minimum atomic E-state index is -4.08. The highest BCUT2D eigenvalue weighted by molar-refractivity contribution is 7.92. The summed E-state index contributed by atoms with van der Waals surface area (Å²) in [6.07, 6.45) is 1.93. The van der Waals surface area contributed by atoms with Crippen LogP contribution in [-0.4, -0.2) is 87.6 Å². The van der Waals surface area contributed by atoms with Gasteiger partial charge < -0.3 is 29.0 Å². The molecular formula is C36H46FN3O8S. The molecule has 0 saturated carbocycles. The van der Waals surface area contributed by atoms with Gasteiger partial charge in [0.25, 0.3) is 15.9 Å². The van der Waals surface area contributed by atoms with Gasteiger partial charge in [-0.15, -0.1) is 0 Å². The summed E-state index contributed by atoms with van der Waals surface area (Å²) in [6, 6.07) is 14.4. The average molecular weight is 700 g/mol. The SMILES string of the molecule is C[C@@H]1CN([C@H](C)CO)C(=O)c2cc(NS(=O)(=O)c3ccc(F)cc3)ccc2O[C@@H](C)CCCCO[C@@H]1CN(C)Cc1ccc2c(c1)OCO2. The van der Waals surface area contributed by atoms with Gasteiger partial charge in [0.15, 0.2) is 11.5 Å². The lowest BCUT2D eigenvalue weighted by molar-refractivity contribution is -0.0177. The summed E-state index contributed by atoms with van der Waals surface area (Å²) in [7, 11) is -2.06. The number of carbonyl (C=O) groups is 1. The van der Waals surface area contributed by atoms with Crippen molar-refractivity contribution >= 4 is 21.6 Å². The number of aliphatic hydroxyl groups is 1. The first-order valence-corrected chi connectivity index (χ1v) is 18.1. The van der Waals surface area contributed by atoms with E-state index in [1.54, 1.807) is 17.9 Å². The number of nitrogens with one attached hydrogen (secondary N) is 1. The van der Waals surface area contributed by atoms with Crippen LogP contribution in [0.5, 0.6) is 17.2 Å². The Hall–Kier alpha value is -3.91. The largest absolute Gasteiger partial charge is 0.490 e. The molecule has 0 fully saturated rings. The average Bonchev–Trinajstić information content (AvgIpc) is 3.54. The van der Waals surface area contributed by atoms with Crippen LogP contribution in [0.4, 0.5) is 10.1 Å². The zero-order chi connectivity index (χ0) is 35.1. The van der Waals surface area contributed by atoms with Crippen molar-refractivity contribution in [1.82, 2.24) is 9.80 Å². The second-order valence-corrected chi connectivity index (χ2v) is 14.6. The van der Waals surface area contributed by atoms with Gasteiger partial charge in [-0.2, -0.15) is 0 Å². The molecule has 13 heteroatoms. The molecule has 0 saturated heterocycles. The van der Waals surface area contributed by atoms with Crippen molar-refractivity contribution < 1.29 is 41.7 Å². The topological polar surface area (TPSA) is 127 Å². The second kappa shape index (κ2) is 16.2. The van der Waals surface area contributed by atoms with Crippen LogP contribution in [0.2, 0.25) is 0 Å². The molecule has 2 aliphatic heterocycles. The number of carbonyl (C=O) groups excluding carboxylic acids is 1. The Balaban J connectivity index is 1.40. The summed E-state index contributed by atoms with van der Waals surface area (Å²) >= 11 is 0. The highest BCUT2D eigenvalue weighted by atomic mass is 32.2. The van der Waals surface area contributed by atoms with E-state index in [9.17, 15) is 22.7 Å². The van der Waals surface area contributed by atoms with Crippen LogP contribution in [0, 0.1) is 11.7 Å². The van der Waals surface area contributed by atoms with Gasteiger partial charge in [0.1, 0.15) is 11.6 Å². The van der Waals surface area contributed by atoms with Crippen LogP contribution in [0.25, 0.3) is 0 Å². The van der Waals surface area contributed by atoms with Crippen molar-refractivity contribution in [3.8, 4) is 17.2 Å². The van der Waals surface area contributed by atoms with E-state index in [-0.39, 0.29) is 54.2 Å². The molecule has 2 N–H and O–H groups in total. The molecule has 0 radical (unpaired) electrons. The molecule has 0 unspecified atom stereocenters. The molecule has 5 rings (SSSR count). The molecule has 1 amide bonds. The van der Waals surface area contributed by atoms with Gasteiger partial charge in [-0.3, -0.25) is 14.4 Å². The van der Waals surface area contributed by atoms with Crippen molar-refractivity contribution in [2.24, 2.45) is 5.92 Å². The maximum absolute atomic E-state index is 14.4. The zero-order valence-corrected chi connectivity index (χ0v) is 29.2. The third kappa shape index (κ3) is 9.41. The fourth-order valence-electron chi connectivity index (χ4n) is 6.00. The molecule has 11 nitrogen and oxygen atoms in total. The molecule has 2 heterocycles. The van der Waals surface area contributed by atoms with Crippen LogP contribution >= 0.6 is 0 Å². The first-order valence-electron chi connectivity index (χ1n) is 16.6. The molecule has 49 heavy (non-hydrogen) atoms. The predicted molar refractivity (Wildman–Crippen MR) is 183 cm³/mol. The Labute approximate surface area is 288 Å². The lowest BCUT2D eigenvalue weighted by Crippen LogP contribution is -2.47. The highest BCUT2D eigenvalue weighted by Gasteiger charge is 2.31. The third-order valence-electron chi connectivity index (χ3n) is 8.81. The van der Waals surface area contributed by atoms with E-state index in [0.717, 1.165) is 48.5 Å². The Morgan fingerprint density at radius 2 is 1.76 bits per heavy atom. The lowest BCUT2D eigenvalue weighted by Gasteiger charge is -2.36. The number of fused-ring (bicyclic) bond motifs is 2. The molecule has 3 aromatic carbocycles. The van der Waals surface area contributed by atoms with Gasteiger partial charge in [0.05, 0.1) is 35.3 Å². The third-order valence-corrected chi connectivity index (χ3v) is 10.2. The Kier molecular flexibility index (Phi) is 12.0. The number of amides is 1. The summed E-state index contributed by atoms with van der Waals surface area (Å²) in [4.78, 5) is 18.0. The monoisotopic (exact) mass is 699 g/mol. The highest BCUT2D eigenvalue weighted by Crippen LogP contribution is 2.33. The minimum Gasteiger partial charge on any atom is -0.490 e. The number of aliphatic hydroxyl groups excluding tert-OH is 1. The zero-order valence-electron chi connectivity index (χ0n) is 28.4. The van der Waals surface area contributed by atoms with Crippen molar-refractivity contribution in [3.05, 3.63) is 77.6 Å². The molecule has 0 aliphatic carbocycles. The molecule has 0 bridgehead atoms. The Morgan fingerprint density at radius 3 is 2.51 bits per heavy atom. The Bertz CT molecular complexity index is 1690. The number of halogens is 1. The molecule has 2 aliphatic rings. The molecule has 0 spiro atoms. The molecular weight excluding hydrogens is 653 g/mol. The van der Waals surface area contributed by atoms with E-state index in [0.29, 0.717) is 25.4 Å². The predicted octanol–water partition coefficient (Wildman–Crippen LogP) is 5.28. The lowest BCUT2D eigenvalue weighted by atomic mass is 10.0. The van der Waals surface area contributed by atoms with E-state index in [4.69, 9.17) is 18.9 Å². The Morgan fingerprint density at radius 1 is 1.02 bits per heavy atom. The van der Waals surface area contributed by atoms with Crippen molar-refractivity contribution in [2.45, 2.75) is 69.7 Å². The van der Waals surface area contributed by atoms with E-state index >= 15 is 0 Å². The van der Waals surface area contributed by atoms with Gasteiger partial charge in [0.2, 0.25) is 6.79 Å². The van der Waals surface area contributed by atoms with Crippen LogP contribution in [0.3, 0.4) is 0 Å². The fourth-order valence-corrected chi connectivity index (χ4v) is 7.05. The number of anilines is 1. The van der Waals surface area contributed by atoms with E-state index in [1.807, 2.05) is 39.1 Å². The number of benzene rings is 3. The number of hydrogen-bond donors (Lipinski definition) is 2. The summed E-state index contributed by atoms with van der Waals surface area (Å²) in [5, 5.41) is 10.2. The number of ether oxygens (including phenoxy) is 4. The fraction of sp³-hybridized carbons (Fsp3) is 0.472. The summed E-state index contributed by atoms with van der Waals surface area (Å²) in [6.45, 7) is 7.72. The van der Waals surface area contributed by atoms with Gasteiger partial charge in [-0.25, -0.2) is 12.8 Å². The van der Waals surface area contributed by atoms with Gasteiger partial charge in [-0.05, 0) is 100 Å². The molecule has 0 aromatic heterocycles. The van der Waals surface area contributed by atoms with Crippen LogP contribution < -0.4 is 18.9 Å². The summed E-state index contributed by atoms with van der Waals surface area (Å²) < 4.78 is 65.9. The number of hydrogen-bond acceptors (Lipinski definition) is 9. The smallest absolute Gasteiger partial charge is 0.261 e. The van der Waals surface area contributed by atoms with Crippen LogP contribution in [-0.2, 0) is 21.3 Å². The number of rotatable bonds is 9. The van der Waals surface area contributed by atoms with Crippen LogP contribution in [0.15, 0.2) is 65.6 Å². The minimum absolute atomic E-state index is 0.121. The maximum atomic E-state index is 14.4. The number of likely N-dealkylation sites (N-methyl/N-ethyl adjacent to an activating group) is 1. The quantitative estimate of drug-likeness (QED) is 0.307. The molecule has 4 atom stereocenters. The maximum Gasteiger partial charge on any atom is 0.261 e. The van der Waals surface area contributed by atoms with Crippen molar-refractivity contribution in [2.75, 3.05) is 44.9 Å². The van der Waals surface area contributed by atoms with E-state index in [1.165, 1.54) is 24.3 Å². The second-order valence-electron chi connectivity index (χ2n) is 13.0. The van der Waals surface area contributed by atoms with E-state index < -0.39 is 27.8 Å². The summed E-state index contributed by atoms with van der Waals surface area (Å²) in [5.41, 5.74) is 1.38. The van der Waals surface area contributed by atoms with E-state index in [2.05, 4.69) is 9.62 Å². The molecule has 266 valence electrons. The first kappa shape index (κ1) is 36.4. The van der Waals surface area contributed by atoms with Crippen molar-refractivity contribution in [3.63, 3.8) is 0 Å². The van der Waals surface area contributed by atoms with Crippen LogP contribution in [0.1, 0.15) is 56.0 Å². The summed E-state index contributed by atoms with van der Waals surface area (Å²) in [5.74, 6) is 0.671.